The number of nitro groups is 1. The second-order valence-corrected chi connectivity index (χ2v) is 4.73. The van der Waals surface area contributed by atoms with Gasteiger partial charge in [-0.3, -0.25) is 14.9 Å². The molecule has 7 nitrogen and oxygen atoms in total. The number of hydrogen-bond acceptors (Lipinski definition) is 5. The molecule has 0 aliphatic heterocycles. The summed E-state index contributed by atoms with van der Waals surface area (Å²) < 4.78 is 0.769. The zero-order valence-corrected chi connectivity index (χ0v) is 11.6. The number of carbonyl (C=O) groups excluding carboxylic acids is 1. The van der Waals surface area contributed by atoms with Gasteiger partial charge in [-0.15, -0.1) is 0 Å². The number of carbonyl (C=O) groups is 1. The molecule has 0 radical (unpaired) electrons. The van der Waals surface area contributed by atoms with E-state index >= 15 is 0 Å². The minimum absolute atomic E-state index is 0.0314. The summed E-state index contributed by atoms with van der Waals surface area (Å²) >= 11 is 3.22. The molecule has 0 atom stereocenters. The molecule has 102 valence electrons. The number of rotatable bonds is 3. The Morgan fingerprint density at radius 1 is 1.35 bits per heavy atom. The van der Waals surface area contributed by atoms with Gasteiger partial charge in [0.25, 0.3) is 11.6 Å². The second-order valence-electron chi connectivity index (χ2n) is 3.81. The Morgan fingerprint density at radius 3 is 2.70 bits per heavy atom. The highest BCUT2D eigenvalue weighted by Crippen LogP contribution is 2.25. The lowest BCUT2D eigenvalue weighted by molar-refractivity contribution is -0.383. The van der Waals surface area contributed by atoms with Crippen LogP contribution >= 0.6 is 15.9 Å². The summed E-state index contributed by atoms with van der Waals surface area (Å²) in [6, 6.07) is 7.36. The first-order chi connectivity index (χ1) is 9.49. The SMILES string of the molecule is Nc1c(C(=O)Nc2ccc(Br)cn2)cccc1[N+](=O)[O-]. The summed E-state index contributed by atoms with van der Waals surface area (Å²) in [5.41, 5.74) is 5.19. The van der Waals surface area contributed by atoms with Crippen LogP contribution in [0.1, 0.15) is 10.4 Å². The van der Waals surface area contributed by atoms with Crippen molar-refractivity contribution in [3.05, 3.63) is 56.7 Å². The minimum Gasteiger partial charge on any atom is -0.393 e. The van der Waals surface area contributed by atoms with E-state index in [0.717, 1.165) is 4.47 Å². The van der Waals surface area contributed by atoms with Crippen molar-refractivity contribution < 1.29 is 9.72 Å². The molecular weight excluding hydrogens is 328 g/mol. The summed E-state index contributed by atoms with van der Waals surface area (Å²) in [6.45, 7) is 0. The minimum atomic E-state index is -0.635. The van der Waals surface area contributed by atoms with E-state index in [4.69, 9.17) is 5.73 Å². The number of hydrogen-bond donors (Lipinski definition) is 2. The van der Waals surface area contributed by atoms with E-state index in [1.165, 1.54) is 24.4 Å². The number of nitrogen functional groups attached to an aromatic ring is 1. The Balaban J connectivity index is 2.28. The van der Waals surface area contributed by atoms with Crippen LogP contribution < -0.4 is 11.1 Å². The molecule has 0 saturated carbocycles. The molecule has 0 saturated heterocycles. The quantitative estimate of drug-likeness (QED) is 0.508. The fourth-order valence-electron chi connectivity index (χ4n) is 1.54. The van der Waals surface area contributed by atoms with Gasteiger partial charge in [0.05, 0.1) is 10.5 Å². The predicted molar refractivity (Wildman–Crippen MR) is 77.4 cm³/mol. The van der Waals surface area contributed by atoms with Crippen molar-refractivity contribution in [2.24, 2.45) is 0 Å². The van der Waals surface area contributed by atoms with Crippen LogP contribution in [0.4, 0.5) is 17.2 Å². The maximum absolute atomic E-state index is 12.0. The number of halogens is 1. The van der Waals surface area contributed by atoms with Crippen molar-refractivity contribution in [2.45, 2.75) is 0 Å². The molecule has 20 heavy (non-hydrogen) atoms. The third-order valence-electron chi connectivity index (χ3n) is 2.49. The molecule has 0 unspecified atom stereocenters. The normalized spacial score (nSPS) is 10.1. The fourth-order valence-corrected chi connectivity index (χ4v) is 1.78. The lowest BCUT2D eigenvalue weighted by Gasteiger charge is -2.07. The molecule has 2 rings (SSSR count). The van der Waals surface area contributed by atoms with Gasteiger partial charge in [-0.2, -0.15) is 0 Å². The Hall–Kier alpha value is -2.48. The summed E-state index contributed by atoms with van der Waals surface area (Å²) in [5, 5.41) is 13.3. The molecule has 0 fully saturated rings. The van der Waals surface area contributed by atoms with Gasteiger partial charge in [0, 0.05) is 16.7 Å². The van der Waals surface area contributed by atoms with E-state index < -0.39 is 10.8 Å². The highest BCUT2D eigenvalue weighted by molar-refractivity contribution is 9.10. The van der Waals surface area contributed by atoms with Crippen LogP contribution in [0.25, 0.3) is 0 Å². The highest BCUT2D eigenvalue weighted by Gasteiger charge is 2.19. The average molecular weight is 337 g/mol. The molecule has 1 amide bonds. The smallest absolute Gasteiger partial charge is 0.292 e. The van der Waals surface area contributed by atoms with Crippen molar-refractivity contribution in [3.63, 3.8) is 0 Å². The molecule has 1 heterocycles. The Kier molecular flexibility index (Phi) is 3.94. The predicted octanol–water partition coefficient (Wildman–Crippen LogP) is 2.59. The zero-order chi connectivity index (χ0) is 14.7. The van der Waals surface area contributed by atoms with E-state index in [0.29, 0.717) is 5.82 Å². The maximum Gasteiger partial charge on any atom is 0.292 e. The van der Waals surface area contributed by atoms with Crippen molar-refractivity contribution in [2.75, 3.05) is 11.1 Å². The molecule has 2 aromatic rings. The van der Waals surface area contributed by atoms with Crippen LogP contribution in [0.15, 0.2) is 41.0 Å². The van der Waals surface area contributed by atoms with E-state index in [2.05, 4.69) is 26.2 Å². The van der Waals surface area contributed by atoms with Crippen LogP contribution in [-0.4, -0.2) is 15.8 Å². The second kappa shape index (κ2) is 5.66. The van der Waals surface area contributed by atoms with Gasteiger partial charge in [0.2, 0.25) is 0 Å². The number of amides is 1. The molecular formula is C12H9BrN4O3. The lowest BCUT2D eigenvalue weighted by atomic mass is 10.1. The topological polar surface area (TPSA) is 111 Å². The van der Waals surface area contributed by atoms with Crippen LogP contribution in [0, 0.1) is 10.1 Å². The highest BCUT2D eigenvalue weighted by atomic mass is 79.9. The molecule has 1 aromatic carbocycles. The third-order valence-corrected chi connectivity index (χ3v) is 2.96. The number of anilines is 2. The summed E-state index contributed by atoms with van der Waals surface area (Å²) in [4.78, 5) is 26.1. The fraction of sp³-hybridized carbons (Fsp3) is 0. The largest absolute Gasteiger partial charge is 0.393 e. The number of pyridine rings is 1. The van der Waals surface area contributed by atoms with Gasteiger partial charge < -0.3 is 11.1 Å². The number of aromatic nitrogens is 1. The van der Waals surface area contributed by atoms with E-state index in [1.807, 2.05) is 0 Å². The van der Waals surface area contributed by atoms with E-state index in [9.17, 15) is 14.9 Å². The first-order valence-corrected chi connectivity index (χ1v) is 6.24. The molecule has 0 bridgehead atoms. The van der Waals surface area contributed by atoms with Gasteiger partial charge in [0.1, 0.15) is 11.5 Å². The maximum atomic E-state index is 12.0. The first kappa shape index (κ1) is 13.9. The summed E-state index contributed by atoms with van der Waals surface area (Å²) in [6.07, 6.45) is 1.52. The van der Waals surface area contributed by atoms with Crippen LogP contribution in [-0.2, 0) is 0 Å². The molecule has 0 aliphatic carbocycles. The molecule has 8 heteroatoms. The first-order valence-electron chi connectivity index (χ1n) is 5.45. The average Bonchev–Trinajstić information content (AvgIpc) is 2.41. The Bertz CT molecular complexity index is 673. The van der Waals surface area contributed by atoms with Crippen LogP contribution in [0.5, 0.6) is 0 Å². The van der Waals surface area contributed by atoms with Crippen LogP contribution in [0.3, 0.4) is 0 Å². The lowest BCUT2D eigenvalue weighted by Crippen LogP contribution is -2.15. The number of benzene rings is 1. The molecule has 3 N–H and O–H groups in total. The number of nitrogens with zero attached hydrogens (tertiary/aromatic N) is 2. The van der Waals surface area contributed by atoms with Crippen molar-refractivity contribution in [1.29, 1.82) is 0 Å². The Morgan fingerprint density at radius 2 is 2.10 bits per heavy atom. The van der Waals surface area contributed by atoms with E-state index in [-0.39, 0.29) is 16.9 Å². The number of nitrogens with one attached hydrogen (secondary N) is 1. The van der Waals surface area contributed by atoms with Crippen molar-refractivity contribution in [3.8, 4) is 0 Å². The van der Waals surface area contributed by atoms with Gasteiger partial charge in [-0.25, -0.2) is 4.98 Å². The molecule has 0 aliphatic rings. The zero-order valence-electron chi connectivity index (χ0n) is 10.0. The number of nitrogens with two attached hydrogens (primary N) is 1. The standard InChI is InChI=1S/C12H9BrN4O3/c13-7-4-5-10(15-6-7)16-12(18)8-2-1-3-9(11(8)14)17(19)20/h1-6H,14H2,(H,15,16,18). The van der Waals surface area contributed by atoms with E-state index in [1.54, 1.807) is 12.1 Å². The van der Waals surface area contributed by atoms with Gasteiger partial charge >= 0.3 is 0 Å². The molecule has 0 spiro atoms. The number of para-hydroxylation sites is 1. The summed E-state index contributed by atoms with van der Waals surface area (Å²) in [5.74, 6) is -0.231. The summed E-state index contributed by atoms with van der Waals surface area (Å²) in [7, 11) is 0. The number of nitro benzene ring substituents is 1. The van der Waals surface area contributed by atoms with Crippen molar-refractivity contribution >= 4 is 39.0 Å². The third kappa shape index (κ3) is 2.91. The monoisotopic (exact) mass is 336 g/mol. The Labute approximate surface area is 122 Å². The van der Waals surface area contributed by atoms with Gasteiger partial charge in [-0.1, -0.05) is 6.07 Å². The van der Waals surface area contributed by atoms with Crippen LogP contribution in [0.2, 0.25) is 0 Å². The molecule has 1 aromatic heterocycles. The van der Waals surface area contributed by atoms with Crippen molar-refractivity contribution in [1.82, 2.24) is 4.98 Å². The van der Waals surface area contributed by atoms with Gasteiger partial charge in [0.15, 0.2) is 0 Å². The van der Waals surface area contributed by atoms with Gasteiger partial charge in [-0.05, 0) is 34.1 Å².